The summed E-state index contributed by atoms with van der Waals surface area (Å²) in [4.78, 5) is 27.9. The zero-order valence-corrected chi connectivity index (χ0v) is 20.9. The van der Waals surface area contributed by atoms with Gasteiger partial charge in [0.15, 0.2) is 6.61 Å². The first-order valence-electron chi connectivity index (χ1n) is 11.7. The van der Waals surface area contributed by atoms with Gasteiger partial charge in [0, 0.05) is 12.6 Å². The molecule has 0 saturated heterocycles. The van der Waals surface area contributed by atoms with Gasteiger partial charge in [0.25, 0.3) is 5.91 Å². The van der Waals surface area contributed by atoms with Gasteiger partial charge in [-0.1, -0.05) is 44.9 Å². The van der Waals surface area contributed by atoms with Crippen LogP contribution in [-0.2, 0) is 22.6 Å². The quantitative estimate of drug-likeness (QED) is 0.458. The van der Waals surface area contributed by atoms with Gasteiger partial charge in [-0.25, -0.2) is 4.39 Å². The molecule has 0 radical (unpaired) electrons. The van der Waals surface area contributed by atoms with Gasteiger partial charge >= 0.3 is 0 Å². The minimum absolute atomic E-state index is 0.145. The predicted molar refractivity (Wildman–Crippen MR) is 130 cm³/mol. The molecule has 3 rings (SSSR count). The Bertz CT molecular complexity index is 945. The Balaban J connectivity index is 1.76. The summed E-state index contributed by atoms with van der Waals surface area (Å²) in [6.07, 6.45) is 5.54. The number of hydrogen-bond acceptors (Lipinski definition) is 3. The number of halogens is 2. The standard InChI is InChI=1S/C26H32BrFN2O3/c1-3-18-11-14-24(22(27)15-18)33-17-25(31)30(16-19-9-12-20(28)13-10-19)23(4-2)26(32)29-21-7-5-6-8-21/h9-15,21,23H,3-8,16-17H2,1-2H3,(H,29,32). The molecule has 1 fully saturated rings. The minimum Gasteiger partial charge on any atom is -0.483 e. The van der Waals surface area contributed by atoms with E-state index in [1.54, 1.807) is 17.0 Å². The van der Waals surface area contributed by atoms with Crippen molar-refractivity contribution < 1.29 is 18.7 Å². The number of carbonyl (C=O) groups excluding carboxylic acids is 2. The third kappa shape index (κ3) is 7.03. The highest BCUT2D eigenvalue weighted by Gasteiger charge is 2.31. The van der Waals surface area contributed by atoms with E-state index in [-0.39, 0.29) is 36.8 Å². The average molecular weight is 519 g/mol. The molecule has 0 spiro atoms. The molecule has 7 heteroatoms. The molecule has 1 aliphatic rings. The number of hydrogen-bond donors (Lipinski definition) is 1. The highest BCUT2D eigenvalue weighted by Crippen LogP contribution is 2.26. The van der Waals surface area contributed by atoms with E-state index in [1.165, 1.54) is 12.1 Å². The molecular weight excluding hydrogens is 487 g/mol. The molecule has 2 aromatic rings. The van der Waals surface area contributed by atoms with Crippen LogP contribution < -0.4 is 10.1 Å². The van der Waals surface area contributed by atoms with Gasteiger partial charge in [-0.3, -0.25) is 9.59 Å². The first kappa shape index (κ1) is 25.2. The van der Waals surface area contributed by atoms with Gasteiger partial charge in [-0.2, -0.15) is 0 Å². The fourth-order valence-corrected chi connectivity index (χ4v) is 4.72. The number of ether oxygens (including phenoxy) is 1. The SMILES string of the molecule is CCc1ccc(OCC(=O)N(Cc2ccc(F)cc2)C(CC)C(=O)NC2CCCC2)c(Br)c1. The molecule has 0 heterocycles. The Hall–Kier alpha value is -2.41. The average Bonchev–Trinajstić information content (AvgIpc) is 3.32. The summed E-state index contributed by atoms with van der Waals surface area (Å²) >= 11 is 3.50. The van der Waals surface area contributed by atoms with Crippen LogP contribution in [-0.4, -0.2) is 35.4 Å². The fourth-order valence-electron chi connectivity index (χ4n) is 4.18. The van der Waals surface area contributed by atoms with Crippen molar-refractivity contribution in [1.29, 1.82) is 0 Å². The lowest BCUT2D eigenvalue weighted by Gasteiger charge is -2.31. The van der Waals surface area contributed by atoms with Crippen LogP contribution in [0.3, 0.4) is 0 Å². The van der Waals surface area contributed by atoms with Crippen LogP contribution in [0.2, 0.25) is 0 Å². The Morgan fingerprint density at radius 2 is 1.79 bits per heavy atom. The van der Waals surface area contributed by atoms with Crippen molar-refractivity contribution in [2.24, 2.45) is 0 Å². The van der Waals surface area contributed by atoms with E-state index in [0.29, 0.717) is 12.2 Å². The molecule has 0 aromatic heterocycles. The number of nitrogens with zero attached hydrogens (tertiary/aromatic N) is 1. The van der Waals surface area contributed by atoms with E-state index in [1.807, 2.05) is 25.1 Å². The van der Waals surface area contributed by atoms with Gasteiger partial charge in [-0.15, -0.1) is 0 Å². The smallest absolute Gasteiger partial charge is 0.261 e. The molecule has 1 aliphatic carbocycles. The van der Waals surface area contributed by atoms with Crippen LogP contribution in [0, 0.1) is 5.82 Å². The second-order valence-corrected chi connectivity index (χ2v) is 9.32. The van der Waals surface area contributed by atoms with Crippen molar-refractivity contribution in [1.82, 2.24) is 10.2 Å². The molecule has 1 saturated carbocycles. The third-order valence-electron chi connectivity index (χ3n) is 6.11. The summed E-state index contributed by atoms with van der Waals surface area (Å²) in [6.45, 7) is 3.97. The maximum atomic E-state index is 13.4. The van der Waals surface area contributed by atoms with E-state index < -0.39 is 6.04 Å². The van der Waals surface area contributed by atoms with Crippen molar-refractivity contribution in [3.8, 4) is 5.75 Å². The Morgan fingerprint density at radius 1 is 1.12 bits per heavy atom. The molecule has 0 aliphatic heterocycles. The van der Waals surface area contributed by atoms with E-state index in [4.69, 9.17) is 4.74 Å². The van der Waals surface area contributed by atoms with Gasteiger partial charge in [0.1, 0.15) is 17.6 Å². The lowest BCUT2D eigenvalue weighted by Crippen LogP contribution is -2.52. The molecule has 2 aromatic carbocycles. The summed E-state index contributed by atoms with van der Waals surface area (Å²) in [6, 6.07) is 11.3. The number of benzene rings is 2. The molecule has 33 heavy (non-hydrogen) atoms. The molecule has 2 amide bonds. The summed E-state index contributed by atoms with van der Waals surface area (Å²) in [5.41, 5.74) is 1.92. The van der Waals surface area contributed by atoms with Crippen LogP contribution in [0.5, 0.6) is 5.75 Å². The topological polar surface area (TPSA) is 58.6 Å². The molecule has 1 atom stereocenters. The predicted octanol–water partition coefficient (Wildman–Crippen LogP) is 5.40. The number of carbonyl (C=O) groups is 2. The van der Waals surface area contributed by atoms with Gasteiger partial charge in [-0.05, 0) is 77.0 Å². The second-order valence-electron chi connectivity index (χ2n) is 8.47. The Labute approximate surface area is 203 Å². The Kier molecular flexibility index (Phi) is 9.30. The van der Waals surface area contributed by atoms with Crippen molar-refractivity contribution >= 4 is 27.7 Å². The van der Waals surface area contributed by atoms with E-state index >= 15 is 0 Å². The van der Waals surface area contributed by atoms with Crippen molar-refractivity contribution in [2.45, 2.75) is 71.0 Å². The van der Waals surface area contributed by atoms with Gasteiger partial charge in [0.2, 0.25) is 5.91 Å². The molecule has 0 bridgehead atoms. The van der Waals surface area contributed by atoms with Crippen LogP contribution in [0.4, 0.5) is 4.39 Å². The number of nitrogens with one attached hydrogen (secondary N) is 1. The zero-order chi connectivity index (χ0) is 23.8. The maximum absolute atomic E-state index is 13.4. The molecular formula is C26H32BrFN2O3. The normalized spacial score (nSPS) is 14.7. The summed E-state index contributed by atoms with van der Waals surface area (Å²) in [7, 11) is 0. The molecule has 1 N–H and O–H groups in total. The van der Waals surface area contributed by atoms with E-state index in [2.05, 4.69) is 28.2 Å². The Morgan fingerprint density at radius 3 is 2.39 bits per heavy atom. The summed E-state index contributed by atoms with van der Waals surface area (Å²) in [5.74, 6) is -0.204. The van der Waals surface area contributed by atoms with Gasteiger partial charge in [0.05, 0.1) is 4.47 Å². The van der Waals surface area contributed by atoms with E-state index in [0.717, 1.165) is 47.7 Å². The van der Waals surface area contributed by atoms with Crippen molar-refractivity contribution in [3.05, 3.63) is 63.9 Å². The lowest BCUT2D eigenvalue weighted by molar-refractivity contribution is -0.143. The lowest BCUT2D eigenvalue weighted by atomic mass is 10.1. The largest absolute Gasteiger partial charge is 0.483 e. The minimum atomic E-state index is -0.627. The monoisotopic (exact) mass is 518 g/mol. The van der Waals surface area contributed by atoms with Crippen LogP contribution in [0.25, 0.3) is 0 Å². The van der Waals surface area contributed by atoms with E-state index in [9.17, 15) is 14.0 Å². The van der Waals surface area contributed by atoms with Crippen LogP contribution in [0.1, 0.15) is 57.1 Å². The van der Waals surface area contributed by atoms with Crippen molar-refractivity contribution in [3.63, 3.8) is 0 Å². The highest BCUT2D eigenvalue weighted by atomic mass is 79.9. The van der Waals surface area contributed by atoms with Crippen molar-refractivity contribution in [2.75, 3.05) is 6.61 Å². The third-order valence-corrected chi connectivity index (χ3v) is 6.73. The molecule has 5 nitrogen and oxygen atoms in total. The summed E-state index contributed by atoms with van der Waals surface area (Å²) in [5, 5.41) is 3.11. The zero-order valence-electron chi connectivity index (χ0n) is 19.3. The van der Waals surface area contributed by atoms with Crippen LogP contribution in [0.15, 0.2) is 46.9 Å². The fraction of sp³-hybridized carbons (Fsp3) is 0.462. The molecule has 178 valence electrons. The number of amides is 2. The van der Waals surface area contributed by atoms with Gasteiger partial charge < -0.3 is 15.0 Å². The van der Waals surface area contributed by atoms with Crippen LogP contribution >= 0.6 is 15.9 Å². The first-order chi connectivity index (χ1) is 15.9. The summed E-state index contributed by atoms with van der Waals surface area (Å²) < 4.78 is 20.0. The first-order valence-corrected chi connectivity index (χ1v) is 12.5. The second kappa shape index (κ2) is 12.2. The number of aryl methyl sites for hydroxylation is 1. The maximum Gasteiger partial charge on any atom is 0.261 e. The highest BCUT2D eigenvalue weighted by molar-refractivity contribution is 9.10. The molecule has 1 unspecified atom stereocenters. The number of rotatable bonds is 10.